The number of methoxy groups -OCH3 is 3. The third-order valence-corrected chi connectivity index (χ3v) is 6.70. The number of nitrogens with zero attached hydrogens (tertiary/aromatic N) is 2. The number of likely N-dealkylation sites (tertiary alicyclic amines) is 1. The second kappa shape index (κ2) is 10.8. The van der Waals surface area contributed by atoms with Crippen molar-refractivity contribution in [1.82, 2.24) is 9.88 Å². The molecule has 1 aliphatic heterocycles. The van der Waals surface area contributed by atoms with E-state index >= 15 is 0 Å². The van der Waals surface area contributed by atoms with Gasteiger partial charge in [-0.05, 0) is 57.4 Å². The summed E-state index contributed by atoms with van der Waals surface area (Å²) in [6.07, 6.45) is 3.01. The van der Waals surface area contributed by atoms with Gasteiger partial charge in [0.05, 0.1) is 38.1 Å². The molecular formula is C28H32N2O6. The van der Waals surface area contributed by atoms with Crippen LogP contribution >= 0.6 is 0 Å². The van der Waals surface area contributed by atoms with Crippen molar-refractivity contribution in [3.63, 3.8) is 0 Å². The van der Waals surface area contributed by atoms with Crippen LogP contribution in [-0.2, 0) is 9.53 Å². The van der Waals surface area contributed by atoms with Crippen molar-refractivity contribution in [3.8, 4) is 28.5 Å². The van der Waals surface area contributed by atoms with Crippen LogP contribution in [0.2, 0.25) is 0 Å². The third-order valence-electron chi connectivity index (χ3n) is 6.70. The van der Waals surface area contributed by atoms with Crippen LogP contribution in [0.15, 0.2) is 42.5 Å². The van der Waals surface area contributed by atoms with Gasteiger partial charge >= 0.3 is 5.97 Å². The van der Waals surface area contributed by atoms with E-state index in [1.54, 1.807) is 32.4 Å². The molecule has 2 unspecified atom stereocenters. The molecule has 8 nitrogen and oxygen atoms in total. The summed E-state index contributed by atoms with van der Waals surface area (Å²) in [5.74, 6) is 0.658. The minimum Gasteiger partial charge on any atom is -0.493 e. The molecule has 0 radical (unpaired) electrons. The van der Waals surface area contributed by atoms with E-state index in [1.165, 1.54) is 7.11 Å². The van der Waals surface area contributed by atoms with Gasteiger partial charge in [-0.25, -0.2) is 9.78 Å². The lowest BCUT2D eigenvalue weighted by Crippen LogP contribution is -2.49. The van der Waals surface area contributed by atoms with Gasteiger partial charge in [-0.2, -0.15) is 0 Å². The van der Waals surface area contributed by atoms with Gasteiger partial charge in [0.1, 0.15) is 0 Å². The maximum absolute atomic E-state index is 13.2. The van der Waals surface area contributed by atoms with Crippen LogP contribution in [0.25, 0.3) is 22.2 Å². The molecule has 3 aromatic rings. The first kappa shape index (κ1) is 25.3. The Hall–Kier alpha value is -3.81. The highest BCUT2D eigenvalue weighted by molar-refractivity contribution is 6.05. The minimum atomic E-state index is -0.576. The molecule has 1 aliphatic rings. The zero-order valence-electron chi connectivity index (χ0n) is 21.4. The Labute approximate surface area is 211 Å². The molecular weight excluding hydrogens is 460 g/mol. The van der Waals surface area contributed by atoms with Crippen LogP contribution in [0, 0.1) is 0 Å². The van der Waals surface area contributed by atoms with Crippen molar-refractivity contribution in [2.75, 3.05) is 27.9 Å². The Bertz CT molecular complexity index is 1240. The van der Waals surface area contributed by atoms with E-state index in [1.807, 2.05) is 43.0 Å². The van der Waals surface area contributed by atoms with Crippen LogP contribution in [-0.4, -0.2) is 61.8 Å². The number of hydrogen-bond donors (Lipinski definition) is 0. The van der Waals surface area contributed by atoms with Crippen LogP contribution in [0.5, 0.6) is 17.2 Å². The molecule has 8 heteroatoms. The SMILES string of the molecule is COc1cc(-c2cc(C(=O)OCC(=O)N3C(C)CCCC3C)c3ccccc3n2)cc(OC)c1OC. The van der Waals surface area contributed by atoms with Gasteiger partial charge in [-0.3, -0.25) is 4.79 Å². The fourth-order valence-electron chi connectivity index (χ4n) is 4.91. The average molecular weight is 493 g/mol. The Kier molecular flexibility index (Phi) is 7.62. The summed E-state index contributed by atoms with van der Waals surface area (Å²) in [4.78, 5) is 32.7. The van der Waals surface area contributed by atoms with E-state index in [0.717, 1.165) is 19.3 Å². The molecule has 1 amide bonds. The first-order chi connectivity index (χ1) is 17.4. The van der Waals surface area contributed by atoms with E-state index in [9.17, 15) is 9.59 Å². The fraction of sp³-hybridized carbons (Fsp3) is 0.393. The normalized spacial score (nSPS) is 17.5. The number of pyridine rings is 1. The number of esters is 1. The molecule has 2 atom stereocenters. The molecule has 0 spiro atoms. The predicted molar refractivity (Wildman–Crippen MR) is 137 cm³/mol. The van der Waals surface area contributed by atoms with Crippen molar-refractivity contribution in [2.24, 2.45) is 0 Å². The molecule has 4 rings (SSSR count). The van der Waals surface area contributed by atoms with Crippen LogP contribution < -0.4 is 14.2 Å². The molecule has 36 heavy (non-hydrogen) atoms. The number of rotatable bonds is 7. The fourth-order valence-corrected chi connectivity index (χ4v) is 4.91. The second-order valence-corrected chi connectivity index (χ2v) is 8.99. The highest BCUT2D eigenvalue weighted by Crippen LogP contribution is 2.41. The van der Waals surface area contributed by atoms with Gasteiger partial charge in [-0.1, -0.05) is 18.2 Å². The smallest absolute Gasteiger partial charge is 0.339 e. The first-order valence-electron chi connectivity index (χ1n) is 12.1. The molecule has 190 valence electrons. The summed E-state index contributed by atoms with van der Waals surface area (Å²) in [6.45, 7) is 3.77. The van der Waals surface area contributed by atoms with E-state index in [2.05, 4.69) is 0 Å². The monoisotopic (exact) mass is 492 g/mol. The Morgan fingerprint density at radius 3 is 2.19 bits per heavy atom. The highest BCUT2D eigenvalue weighted by Gasteiger charge is 2.29. The van der Waals surface area contributed by atoms with Crippen LogP contribution in [0.3, 0.4) is 0 Å². The van der Waals surface area contributed by atoms with Gasteiger partial charge in [-0.15, -0.1) is 0 Å². The van der Waals surface area contributed by atoms with E-state index in [4.69, 9.17) is 23.9 Å². The predicted octanol–water partition coefficient (Wildman–Crippen LogP) is 4.87. The standard InChI is InChI=1S/C28H32N2O6/c1-17-9-8-10-18(2)30(17)26(31)16-36-28(32)21-15-23(29-22-12-7-6-11-20(21)22)19-13-24(33-3)27(35-5)25(14-19)34-4/h6-7,11-15,17-18H,8-10,16H2,1-5H3. The molecule has 1 saturated heterocycles. The summed E-state index contributed by atoms with van der Waals surface area (Å²) in [5, 5.41) is 0.644. The number of fused-ring (bicyclic) bond motifs is 1. The quantitative estimate of drug-likeness (QED) is 0.435. The Morgan fingerprint density at radius 2 is 1.58 bits per heavy atom. The lowest BCUT2D eigenvalue weighted by molar-refractivity contribution is -0.140. The van der Waals surface area contributed by atoms with Crippen molar-refractivity contribution in [3.05, 3.63) is 48.0 Å². The van der Waals surface area contributed by atoms with E-state index < -0.39 is 5.97 Å². The van der Waals surface area contributed by atoms with Crippen molar-refractivity contribution >= 4 is 22.8 Å². The minimum absolute atomic E-state index is 0.133. The summed E-state index contributed by atoms with van der Waals surface area (Å²) >= 11 is 0. The van der Waals surface area contributed by atoms with Crippen LogP contribution in [0.4, 0.5) is 0 Å². The van der Waals surface area contributed by atoms with Gasteiger partial charge < -0.3 is 23.8 Å². The largest absolute Gasteiger partial charge is 0.493 e. The van der Waals surface area contributed by atoms with Gasteiger partial charge in [0.2, 0.25) is 5.75 Å². The maximum atomic E-state index is 13.2. The maximum Gasteiger partial charge on any atom is 0.339 e. The number of aromatic nitrogens is 1. The lowest BCUT2D eigenvalue weighted by atomic mass is 9.97. The molecule has 2 aromatic carbocycles. The van der Waals surface area contributed by atoms with E-state index in [-0.39, 0.29) is 24.6 Å². The number of para-hydroxylation sites is 1. The summed E-state index contributed by atoms with van der Waals surface area (Å²) in [6, 6.07) is 12.8. The number of ether oxygens (including phenoxy) is 4. The van der Waals surface area contributed by atoms with Crippen molar-refractivity contribution in [1.29, 1.82) is 0 Å². The molecule has 0 saturated carbocycles. The molecule has 0 aliphatic carbocycles. The third kappa shape index (κ3) is 4.94. The number of hydrogen-bond acceptors (Lipinski definition) is 7. The van der Waals surface area contributed by atoms with Gasteiger partial charge in [0.15, 0.2) is 18.1 Å². The molecule has 0 N–H and O–H groups in total. The number of amides is 1. The Balaban J connectivity index is 1.68. The number of benzene rings is 2. The molecule has 0 bridgehead atoms. The van der Waals surface area contributed by atoms with Gasteiger partial charge in [0, 0.05) is 23.0 Å². The number of carbonyl (C=O) groups excluding carboxylic acids is 2. The van der Waals surface area contributed by atoms with Crippen molar-refractivity contribution < 1.29 is 28.5 Å². The van der Waals surface area contributed by atoms with Gasteiger partial charge in [0.25, 0.3) is 5.91 Å². The first-order valence-corrected chi connectivity index (χ1v) is 12.1. The summed E-state index contributed by atoms with van der Waals surface area (Å²) in [5.41, 5.74) is 2.16. The molecule has 1 aromatic heterocycles. The Morgan fingerprint density at radius 1 is 0.944 bits per heavy atom. The number of piperidine rings is 1. The molecule has 2 heterocycles. The van der Waals surface area contributed by atoms with E-state index in [0.29, 0.717) is 45.0 Å². The molecule has 1 fully saturated rings. The zero-order valence-corrected chi connectivity index (χ0v) is 21.4. The zero-order chi connectivity index (χ0) is 25.8. The van der Waals surface area contributed by atoms with Crippen molar-refractivity contribution in [2.45, 2.75) is 45.2 Å². The number of carbonyl (C=O) groups is 2. The second-order valence-electron chi connectivity index (χ2n) is 8.99. The summed E-state index contributed by atoms with van der Waals surface area (Å²) < 4.78 is 21.9. The summed E-state index contributed by atoms with van der Waals surface area (Å²) in [7, 11) is 4.62. The topological polar surface area (TPSA) is 87.2 Å². The highest BCUT2D eigenvalue weighted by atomic mass is 16.5. The average Bonchev–Trinajstić information content (AvgIpc) is 2.89. The van der Waals surface area contributed by atoms with Crippen LogP contribution in [0.1, 0.15) is 43.5 Å². The lowest BCUT2D eigenvalue weighted by Gasteiger charge is -2.38.